The first-order valence-electron chi connectivity index (χ1n) is 6.95. The molecule has 0 aliphatic carbocycles. The predicted octanol–water partition coefficient (Wildman–Crippen LogP) is 3.46. The van der Waals surface area contributed by atoms with Gasteiger partial charge in [0.2, 0.25) is 5.91 Å². The van der Waals surface area contributed by atoms with E-state index in [2.05, 4.69) is 21.2 Å². The van der Waals surface area contributed by atoms with E-state index in [0.29, 0.717) is 17.1 Å². The molecule has 0 saturated carbocycles. The summed E-state index contributed by atoms with van der Waals surface area (Å²) in [7, 11) is 3.09. The Balaban J connectivity index is 1.98. The highest BCUT2D eigenvalue weighted by Gasteiger charge is 2.09. The summed E-state index contributed by atoms with van der Waals surface area (Å²) >= 11 is 3.28. The molecule has 0 spiro atoms. The molecule has 0 unspecified atom stereocenters. The van der Waals surface area contributed by atoms with Crippen LogP contribution in [-0.4, -0.2) is 20.1 Å². The van der Waals surface area contributed by atoms with Gasteiger partial charge in [-0.3, -0.25) is 4.79 Å². The Morgan fingerprint density at radius 3 is 2.57 bits per heavy atom. The van der Waals surface area contributed by atoms with Gasteiger partial charge < -0.3 is 14.8 Å². The van der Waals surface area contributed by atoms with Crippen LogP contribution >= 0.6 is 15.9 Å². The van der Waals surface area contributed by atoms with Crippen molar-refractivity contribution in [3.05, 3.63) is 57.8 Å². The zero-order valence-corrected chi connectivity index (χ0v) is 14.4. The summed E-state index contributed by atoms with van der Waals surface area (Å²) in [6.45, 7) is 0.136. The summed E-state index contributed by atoms with van der Waals surface area (Å²) in [6.07, 6.45) is 0.177. The largest absolute Gasteiger partial charge is 0.493 e. The fourth-order valence-electron chi connectivity index (χ4n) is 2.11. The Labute approximate surface area is 142 Å². The lowest BCUT2D eigenvalue weighted by molar-refractivity contribution is -0.120. The number of hydrogen-bond donors (Lipinski definition) is 1. The minimum absolute atomic E-state index is 0.136. The fraction of sp³-hybridized carbons (Fsp3) is 0.235. The number of halogens is 2. The fourth-order valence-corrected chi connectivity index (χ4v) is 2.52. The highest BCUT2D eigenvalue weighted by Crippen LogP contribution is 2.27. The quantitative estimate of drug-likeness (QED) is 0.833. The van der Waals surface area contributed by atoms with Gasteiger partial charge in [0, 0.05) is 16.6 Å². The number of ether oxygens (including phenoxy) is 2. The number of hydrogen-bond acceptors (Lipinski definition) is 3. The number of benzene rings is 2. The SMILES string of the molecule is COc1ccc(CC(=O)NCc2cc(Br)ccc2F)cc1OC. The van der Waals surface area contributed by atoms with E-state index >= 15 is 0 Å². The molecular formula is C17H17BrFNO3. The van der Waals surface area contributed by atoms with Crippen LogP contribution < -0.4 is 14.8 Å². The molecule has 23 heavy (non-hydrogen) atoms. The van der Waals surface area contributed by atoms with Crippen LogP contribution in [0.1, 0.15) is 11.1 Å². The average molecular weight is 382 g/mol. The van der Waals surface area contributed by atoms with E-state index in [-0.39, 0.29) is 24.7 Å². The number of carbonyl (C=O) groups excluding carboxylic acids is 1. The number of nitrogens with one attached hydrogen (secondary N) is 1. The number of rotatable bonds is 6. The van der Waals surface area contributed by atoms with Crippen LogP contribution in [-0.2, 0) is 17.8 Å². The van der Waals surface area contributed by atoms with Crippen molar-refractivity contribution in [1.29, 1.82) is 0 Å². The Bertz CT molecular complexity index is 706. The van der Waals surface area contributed by atoms with Gasteiger partial charge in [0.25, 0.3) is 0 Å². The van der Waals surface area contributed by atoms with Gasteiger partial charge in [0.1, 0.15) is 5.82 Å². The maximum atomic E-state index is 13.6. The number of carbonyl (C=O) groups is 1. The molecule has 2 aromatic carbocycles. The third-order valence-corrected chi connectivity index (χ3v) is 3.79. The van der Waals surface area contributed by atoms with Crippen LogP contribution in [0.5, 0.6) is 11.5 Å². The van der Waals surface area contributed by atoms with E-state index in [9.17, 15) is 9.18 Å². The predicted molar refractivity (Wildman–Crippen MR) is 89.2 cm³/mol. The molecule has 4 nitrogen and oxygen atoms in total. The second kappa shape index (κ2) is 7.97. The van der Waals surface area contributed by atoms with Crippen LogP contribution in [0.4, 0.5) is 4.39 Å². The van der Waals surface area contributed by atoms with Gasteiger partial charge >= 0.3 is 0 Å². The summed E-state index contributed by atoms with van der Waals surface area (Å²) in [5, 5.41) is 2.71. The first kappa shape index (κ1) is 17.3. The normalized spacial score (nSPS) is 10.3. The second-order valence-corrected chi connectivity index (χ2v) is 5.79. The van der Waals surface area contributed by atoms with Crippen molar-refractivity contribution < 1.29 is 18.7 Å². The minimum Gasteiger partial charge on any atom is -0.493 e. The van der Waals surface area contributed by atoms with Crippen LogP contribution in [0.25, 0.3) is 0 Å². The standard InChI is InChI=1S/C17H17BrFNO3/c1-22-15-6-3-11(7-16(15)23-2)8-17(21)20-10-12-9-13(18)4-5-14(12)19/h3-7,9H,8,10H2,1-2H3,(H,20,21). The summed E-state index contributed by atoms with van der Waals surface area (Å²) in [4.78, 5) is 12.0. The Morgan fingerprint density at radius 2 is 1.87 bits per heavy atom. The molecule has 122 valence electrons. The Hall–Kier alpha value is -2.08. The molecular weight excluding hydrogens is 365 g/mol. The topological polar surface area (TPSA) is 47.6 Å². The Kier molecular flexibility index (Phi) is 5.98. The molecule has 0 saturated heterocycles. The van der Waals surface area contributed by atoms with E-state index in [1.807, 2.05) is 0 Å². The molecule has 0 radical (unpaired) electrons. The van der Waals surface area contributed by atoms with Gasteiger partial charge in [0.15, 0.2) is 11.5 Å². The monoisotopic (exact) mass is 381 g/mol. The third kappa shape index (κ3) is 4.69. The van der Waals surface area contributed by atoms with E-state index in [0.717, 1.165) is 10.0 Å². The molecule has 1 amide bonds. The van der Waals surface area contributed by atoms with E-state index in [1.165, 1.54) is 13.2 Å². The third-order valence-electron chi connectivity index (χ3n) is 3.30. The lowest BCUT2D eigenvalue weighted by Gasteiger charge is -2.10. The van der Waals surface area contributed by atoms with E-state index < -0.39 is 0 Å². The summed E-state index contributed by atoms with van der Waals surface area (Å²) in [5.74, 6) is 0.625. The average Bonchev–Trinajstić information content (AvgIpc) is 2.55. The molecule has 2 rings (SSSR count). The van der Waals surface area contributed by atoms with E-state index in [4.69, 9.17) is 9.47 Å². The van der Waals surface area contributed by atoms with Crippen molar-refractivity contribution in [3.8, 4) is 11.5 Å². The Morgan fingerprint density at radius 1 is 1.13 bits per heavy atom. The summed E-state index contributed by atoms with van der Waals surface area (Å²) in [5.41, 5.74) is 1.22. The maximum Gasteiger partial charge on any atom is 0.224 e. The van der Waals surface area contributed by atoms with Crippen molar-refractivity contribution >= 4 is 21.8 Å². The van der Waals surface area contributed by atoms with Gasteiger partial charge in [0.05, 0.1) is 20.6 Å². The van der Waals surface area contributed by atoms with Crippen molar-refractivity contribution in [2.75, 3.05) is 14.2 Å². The lowest BCUT2D eigenvalue weighted by atomic mass is 10.1. The van der Waals surface area contributed by atoms with E-state index in [1.54, 1.807) is 37.4 Å². The van der Waals surface area contributed by atoms with Crippen LogP contribution in [0.2, 0.25) is 0 Å². The molecule has 1 N–H and O–H groups in total. The molecule has 0 atom stereocenters. The molecule has 0 fully saturated rings. The first-order valence-corrected chi connectivity index (χ1v) is 7.74. The molecule has 6 heteroatoms. The minimum atomic E-state index is -0.348. The molecule has 0 aromatic heterocycles. The van der Waals surface area contributed by atoms with Crippen LogP contribution in [0.3, 0.4) is 0 Å². The van der Waals surface area contributed by atoms with Crippen molar-refractivity contribution in [3.63, 3.8) is 0 Å². The van der Waals surface area contributed by atoms with Crippen molar-refractivity contribution in [2.45, 2.75) is 13.0 Å². The van der Waals surface area contributed by atoms with Crippen molar-refractivity contribution in [2.24, 2.45) is 0 Å². The zero-order valence-electron chi connectivity index (χ0n) is 12.9. The van der Waals surface area contributed by atoms with Gasteiger partial charge in [-0.1, -0.05) is 22.0 Å². The number of amides is 1. The lowest BCUT2D eigenvalue weighted by Crippen LogP contribution is -2.25. The molecule has 0 aliphatic rings. The van der Waals surface area contributed by atoms with Crippen LogP contribution in [0, 0.1) is 5.82 Å². The molecule has 2 aromatic rings. The molecule has 0 heterocycles. The second-order valence-electron chi connectivity index (χ2n) is 4.88. The van der Waals surface area contributed by atoms with Gasteiger partial charge in [-0.2, -0.15) is 0 Å². The first-order chi connectivity index (χ1) is 11.0. The smallest absolute Gasteiger partial charge is 0.224 e. The summed E-state index contributed by atoms with van der Waals surface area (Å²) < 4.78 is 24.8. The van der Waals surface area contributed by atoms with Crippen molar-refractivity contribution in [1.82, 2.24) is 5.32 Å². The number of methoxy groups -OCH3 is 2. The molecule has 0 bridgehead atoms. The highest BCUT2D eigenvalue weighted by molar-refractivity contribution is 9.10. The highest BCUT2D eigenvalue weighted by atomic mass is 79.9. The van der Waals surface area contributed by atoms with Gasteiger partial charge in [-0.15, -0.1) is 0 Å². The van der Waals surface area contributed by atoms with Gasteiger partial charge in [-0.25, -0.2) is 4.39 Å². The zero-order chi connectivity index (χ0) is 16.8. The van der Waals surface area contributed by atoms with Crippen LogP contribution in [0.15, 0.2) is 40.9 Å². The maximum absolute atomic E-state index is 13.6. The molecule has 0 aliphatic heterocycles. The van der Waals surface area contributed by atoms with Gasteiger partial charge in [-0.05, 0) is 35.9 Å². The summed E-state index contributed by atoms with van der Waals surface area (Å²) in [6, 6.07) is 9.91.